The summed E-state index contributed by atoms with van der Waals surface area (Å²) >= 11 is 5.89. The van der Waals surface area contributed by atoms with Crippen molar-refractivity contribution in [3.63, 3.8) is 0 Å². The second-order valence-electron chi connectivity index (χ2n) is 4.22. The van der Waals surface area contributed by atoms with Gasteiger partial charge in [-0.05, 0) is 25.1 Å². The fourth-order valence-electron chi connectivity index (χ4n) is 2.02. The second-order valence-corrected chi connectivity index (χ2v) is 4.66. The molecule has 0 radical (unpaired) electrons. The van der Waals surface area contributed by atoms with Crippen molar-refractivity contribution < 1.29 is 9.53 Å². The van der Waals surface area contributed by atoms with Crippen LogP contribution < -0.4 is 0 Å². The highest BCUT2D eigenvalue weighted by molar-refractivity contribution is 6.31. The van der Waals surface area contributed by atoms with Gasteiger partial charge in [0, 0.05) is 17.5 Å². The standard InChI is InChI=1S/C12H10ClN3O2/c1-7-4-9(6-12(17)18-7)16-11-3-2-8(13)5-10(11)14-15-16/h2-3,5-7H,4H2,1H3. The Kier molecular flexibility index (Phi) is 2.56. The number of esters is 1. The van der Waals surface area contributed by atoms with E-state index in [4.69, 9.17) is 16.3 Å². The van der Waals surface area contributed by atoms with Crippen molar-refractivity contribution in [2.75, 3.05) is 0 Å². The summed E-state index contributed by atoms with van der Waals surface area (Å²) in [6, 6.07) is 5.35. The number of benzene rings is 1. The van der Waals surface area contributed by atoms with Crippen LogP contribution in [0.4, 0.5) is 0 Å². The first-order chi connectivity index (χ1) is 8.63. The van der Waals surface area contributed by atoms with Gasteiger partial charge in [0.25, 0.3) is 0 Å². The lowest BCUT2D eigenvalue weighted by atomic mass is 10.1. The molecule has 2 heterocycles. The average molecular weight is 264 g/mol. The van der Waals surface area contributed by atoms with E-state index in [2.05, 4.69) is 10.3 Å². The summed E-state index contributed by atoms with van der Waals surface area (Å²) in [5, 5.41) is 8.71. The van der Waals surface area contributed by atoms with Gasteiger partial charge in [-0.15, -0.1) is 5.10 Å². The Hall–Kier alpha value is -1.88. The minimum atomic E-state index is -0.346. The van der Waals surface area contributed by atoms with Crippen LogP contribution in [0.1, 0.15) is 13.3 Å². The molecule has 0 amide bonds. The van der Waals surface area contributed by atoms with Crippen molar-refractivity contribution in [3.8, 4) is 0 Å². The summed E-state index contributed by atoms with van der Waals surface area (Å²) in [5.41, 5.74) is 2.31. The molecule has 1 aliphatic rings. The van der Waals surface area contributed by atoms with E-state index < -0.39 is 0 Å². The van der Waals surface area contributed by atoms with Gasteiger partial charge in [-0.25, -0.2) is 9.48 Å². The predicted molar refractivity (Wildman–Crippen MR) is 67.0 cm³/mol. The highest BCUT2D eigenvalue weighted by atomic mass is 35.5. The molecule has 0 saturated heterocycles. The van der Waals surface area contributed by atoms with Gasteiger partial charge in [0.15, 0.2) is 0 Å². The summed E-state index contributed by atoms with van der Waals surface area (Å²) < 4.78 is 6.70. The first kappa shape index (κ1) is 11.2. The Morgan fingerprint density at radius 2 is 2.33 bits per heavy atom. The first-order valence-corrected chi connectivity index (χ1v) is 5.94. The number of fused-ring (bicyclic) bond motifs is 1. The van der Waals surface area contributed by atoms with E-state index >= 15 is 0 Å². The van der Waals surface area contributed by atoms with Gasteiger partial charge in [-0.1, -0.05) is 16.8 Å². The number of aromatic nitrogens is 3. The minimum absolute atomic E-state index is 0.149. The number of halogens is 1. The summed E-state index contributed by atoms with van der Waals surface area (Å²) in [6.07, 6.45) is 1.92. The fourth-order valence-corrected chi connectivity index (χ4v) is 2.19. The van der Waals surface area contributed by atoms with E-state index in [0.717, 1.165) is 11.2 Å². The molecule has 5 nitrogen and oxygen atoms in total. The Morgan fingerprint density at radius 1 is 1.50 bits per heavy atom. The van der Waals surface area contributed by atoms with Crippen LogP contribution in [0, 0.1) is 0 Å². The van der Waals surface area contributed by atoms with Crippen molar-refractivity contribution in [1.82, 2.24) is 15.0 Å². The largest absolute Gasteiger partial charge is 0.459 e. The molecule has 6 heteroatoms. The lowest BCUT2D eigenvalue weighted by Gasteiger charge is -2.19. The number of rotatable bonds is 1. The van der Waals surface area contributed by atoms with E-state index in [1.165, 1.54) is 6.08 Å². The molecule has 1 aromatic heterocycles. The summed E-state index contributed by atoms with van der Waals surface area (Å²) in [5.74, 6) is -0.346. The molecular weight excluding hydrogens is 254 g/mol. The zero-order valence-electron chi connectivity index (χ0n) is 9.63. The predicted octanol–water partition coefficient (Wildman–Crippen LogP) is 2.26. The van der Waals surface area contributed by atoms with Crippen molar-refractivity contribution in [2.45, 2.75) is 19.4 Å². The van der Waals surface area contributed by atoms with Crippen LogP contribution >= 0.6 is 11.6 Å². The molecule has 0 bridgehead atoms. The van der Waals surface area contributed by atoms with Crippen molar-refractivity contribution in [1.29, 1.82) is 0 Å². The molecule has 1 unspecified atom stereocenters. The third-order valence-corrected chi connectivity index (χ3v) is 3.01. The van der Waals surface area contributed by atoms with Gasteiger partial charge < -0.3 is 4.74 Å². The Labute approximate surface area is 108 Å². The number of hydrogen-bond donors (Lipinski definition) is 0. The SMILES string of the molecule is CC1CC(n2nnc3cc(Cl)ccc32)=CC(=O)O1. The monoisotopic (exact) mass is 263 g/mol. The fraction of sp³-hybridized carbons (Fsp3) is 0.250. The second kappa shape index (κ2) is 4.10. The average Bonchev–Trinajstić information content (AvgIpc) is 2.70. The first-order valence-electron chi connectivity index (χ1n) is 5.56. The lowest BCUT2D eigenvalue weighted by Crippen LogP contribution is -2.21. The smallest absolute Gasteiger partial charge is 0.332 e. The maximum Gasteiger partial charge on any atom is 0.332 e. The molecule has 3 rings (SSSR count). The maximum absolute atomic E-state index is 11.4. The van der Waals surface area contributed by atoms with Crippen LogP contribution in [0.2, 0.25) is 5.02 Å². The molecule has 1 atom stereocenters. The molecule has 1 aromatic carbocycles. The molecule has 0 fully saturated rings. The third kappa shape index (κ3) is 1.86. The van der Waals surface area contributed by atoms with E-state index in [9.17, 15) is 4.79 Å². The van der Waals surface area contributed by atoms with Crippen molar-refractivity contribution in [2.24, 2.45) is 0 Å². The lowest BCUT2D eigenvalue weighted by molar-refractivity contribution is -0.142. The van der Waals surface area contributed by atoms with Gasteiger partial charge in [0.2, 0.25) is 0 Å². The molecule has 0 aliphatic carbocycles. The maximum atomic E-state index is 11.4. The summed E-state index contributed by atoms with van der Waals surface area (Å²) in [6.45, 7) is 1.85. The quantitative estimate of drug-likeness (QED) is 0.741. The van der Waals surface area contributed by atoms with Crippen LogP contribution in [0.3, 0.4) is 0 Å². The van der Waals surface area contributed by atoms with Crippen molar-refractivity contribution >= 4 is 34.3 Å². The van der Waals surface area contributed by atoms with Crippen LogP contribution in [0.25, 0.3) is 16.7 Å². The molecule has 1 aliphatic heterocycles. The molecule has 18 heavy (non-hydrogen) atoms. The van der Waals surface area contributed by atoms with Crippen LogP contribution in [-0.2, 0) is 9.53 Å². The van der Waals surface area contributed by atoms with Crippen LogP contribution in [0.15, 0.2) is 24.3 Å². The number of carbonyl (C=O) groups is 1. The van der Waals surface area contributed by atoms with E-state index in [1.54, 1.807) is 16.8 Å². The Balaban J connectivity index is 2.12. The van der Waals surface area contributed by atoms with Crippen LogP contribution in [0.5, 0.6) is 0 Å². The highest BCUT2D eigenvalue weighted by Crippen LogP contribution is 2.24. The highest BCUT2D eigenvalue weighted by Gasteiger charge is 2.20. The Morgan fingerprint density at radius 3 is 3.11 bits per heavy atom. The number of ether oxygens (including phenoxy) is 1. The minimum Gasteiger partial charge on any atom is -0.459 e. The van der Waals surface area contributed by atoms with Crippen LogP contribution in [-0.4, -0.2) is 27.1 Å². The van der Waals surface area contributed by atoms with Gasteiger partial charge in [0.05, 0.1) is 11.2 Å². The van der Waals surface area contributed by atoms with E-state index in [-0.39, 0.29) is 12.1 Å². The van der Waals surface area contributed by atoms with Gasteiger partial charge in [0.1, 0.15) is 11.6 Å². The molecule has 0 N–H and O–H groups in total. The number of carbonyl (C=O) groups excluding carboxylic acids is 1. The Bertz CT molecular complexity index is 662. The molecular formula is C12H10ClN3O2. The number of hydrogen-bond acceptors (Lipinski definition) is 4. The van der Waals surface area contributed by atoms with Gasteiger partial charge >= 0.3 is 5.97 Å². The summed E-state index contributed by atoms with van der Waals surface area (Å²) in [4.78, 5) is 11.4. The zero-order valence-corrected chi connectivity index (χ0v) is 10.4. The molecule has 0 saturated carbocycles. The topological polar surface area (TPSA) is 57.0 Å². The van der Waals surface area contributed by atoms with Crippen molar-refractivity contribution in [3.05, 3.63) is 29.3 Å². The zero-order chi connectivity index (χ0) is 12.7. The summed E-state index contributed by atoms with van der Waals surface area (Å²) in [7, 11) is 0. The normalized spacial score (nSPS) is 19.8. The third-order valence-electron chi connectivity index (χ3n) is 2.78. The van der Waals surface area contributed by atoms with E-state index in [0.29, 0.717) is 17.0 Å². The van der Waals surface area contributed by atoms with Gasteiger partial charge in [-0.2, -0.15) is 0 Å². The van der Waals surface area contributed by atoms with Gasteiger partial charge in [-0.3, -0.25) is 0 Å². The number of nitrogens with zero attached hydrogens (tertiary/aromatic N) is 3. The van der Waals surface area contributed by atoms with E-state index in [1.807, 2.05) is 13.0 Å². The molecule has 2 aromatic rings. The number of cyclic esters (lactones) is 1. The molecule has 0 spiro atoms. The molecule has 92 valence electrons.